The van der Waals surface area contributed by atoms with Crippen molar-refractivity contribution in [2.45, 2.75) is 46.1 Å². The van der Waals surface area contributed by atoms with Crippen LogP contribution in [0.3, 0.4) is 0 Å². The molecular weight excluding hydrogens is 214 g/mol. The first-order chi connectivity index (χ1) is 7.66. The fourth-order valence-electron chi connectivity index (χ4n) is 1.88. The Balaban J connectivity index is 3.63. The van der Waals surface area contributed by atoms with Crippen LogP contribution >= 0.6 is 0 Å². The molecule has 0 aliphatic carbocycles. The van der Waals surface area contributed by atoms with E-state index in [1.807, 2.05) is 19.9 Å². The number of rotatable bonds is 2. The van der Waals surface area contributed by atoms with Crippen molar-refractivity contribution < 1.29 is 0 Å². The summed E-state index contributed by atoms with van der Waals surface area (Å²) in [5.74, 6) is -0.176. The summed E-state index contributed by atoms with van der Waals surface area (Å²) in [7, 11) is 0. The molecule has 4 heteroatoms. The van der Waals surface area contributed by atoms with Gasteiger partial charge in [0, 0.05) is 17.2 Å². The van der Waals surface area contributed by atoms with Gasteiger partial charge in [-0.1, -0.05) is 20.8 Å². The Morgan fingerprint density at radius 1 is 1.35 bits per heavy atom. The highest BCUT2D eigenvalue weighted by molar-refractivity contribution is 5.94. The molecule has 0 unspecified atom stereocenters. The summed E-state index contributed by atoms with van der Waals surface area (Å²) in [6, 6.07) is 3.58. The van der Waals surface area contributed by atoms with E-state index < -0.39 is 0 Å². The van der Waals surface area contributed by atoms with E-state index in [-0.39, 0.29) is 28.4 Å². The van der Waals surface area contributed by atoms with Gasteiger partial charge in [-0.25, -0.2) is 0 Å². The van der Waals surface area contributed by atoms with Crippen molar-refractivity contribution in [2.75, 3.05) is 0 Å². The molecule has 0 fully saturated rings. The van der Waals surface area contributed by atoms with Crippen LogP contribution in [0.5, 0.6) is 0 Å². The predicted octanol–water partition coefficient (Wildman–Crippen LogP) is 2.01. The van der Waals surface area contributed by atoms with E-state index in [0.717, 1.165) is 5.69 Å². The molecule has 1 heterocycles. The van der Waals surface area contributed by atoms with Crippen LogP contribution in [0, 0.1) is 5.41 Å². The summed E-state index contributed by atoms with van der Waals surface area (Å²) >= 11 is 0. The van der Waals surface area contributed by atoms with E-state index in [2.05, 4.69) is 20.8 Å². The molecule has 1 aromatic rings. The Morgan fingerprint density at radius 3 is 2.24 bits per heavy atom. The van der Waals surface area contributed by atoms with Crippen molar-refractivity contribution in [2.24, 2.45) is 5.73 Å². The predicted molar refractivity (Wildman–Crippen MR) is 70.8 cm³/mol. The number of nitrogens with two attached hydrogens (primary N) is 1. The summed E-state index contributed by atoms with van der Waals surface area (Å²) in [6.07, 6.45) is 0. The number of nitrogen functional groups attached to an aromatic ring is 1. The molecule has 0 aromatic carbocycles. The van der Waals surface area contributed by atoms with Crippen LogP contribution in [0.15, 0.2) is 16.9 Å². The topological polar surface area (TPSA) is 71.9 Å². The fourth-order valence-corrected chi connectivity index (χ4v) is 1.88. The van der Waals surface area contributed by atoms with Crippen molar-refractivity contribution in [1.29, 1.82) is 5.41 Å². The smallest absolute Gasteiger partial charge is 0.261 e. The van der Waals surface area contributed by atoms with Gasteiger partial charge in [-0.2, -0.15) is 0 Å². The first kappa shape index (κ1) is 13.5. The van der Waals surface area contributed by atoms with Crippen LogP contribution in [0.1, 0.15) is 51.9 Å². The molecule has 94 valence electrons. The molecule has 0 aliphatic rings. The van der Waals surface area contributed by atoms with E-state index in [0.29, 0.717) is 0 Å². The van der Waals surface area contributed by atoms with Crippen LogP contribution in [-0.4, -0.2) is 10.4 Å². The van der Waals surface area contributed by atoms with E-state index in [1.54, 1.807) is 10.6 Å². The van der Waals surface area contributed by atoms with Gasteiger partial charge in [0.1, 0.15) is 5.84 Å². The number of nitrogens with zero attached hydrogens (tertiary/aromatic N) is 1. The number of amidine groups is 1. The highest BCUT2D eigenvalue weighted by Crippen LogP contribution is 2.23. The molecular formula is C13H21N3O. The van der Waals surface area contributed by atoms with Crippen molar-refractivity contribution >= 4 is 5.84 Å². The van der Waals surface area contributed by atoms with E-state index in [1.165, 1.54) is 0 Å². The van der Waals surface area contributed by atoms with Gasteiger partial charge >= 0.3 is 0 Å². The molecule has 1 rings (SSSR count). The van der Waals surface area contributed by atoms with E-state index >= 15 is 0 Å². The second-order valence-corrected chi connectivity index (χ2v) is 5.56. The number of nitrogens with one attached hydrogen (secondary N) is 1. The largest absolute Gasteiger partial charge is 0.384 e. The molecule has 0 radical (unpaired) electrons. The highest BCUT2D eigenvalue weighted by atomic mass is 16.1. The Hall–Kier alpha value is -1.58. The standard InChI is InChI=1S/C13H21N3O/c1-8(2)16-10(13(3,4)5)7-6-9(11(14)15)12(16)17/h6-8H,1-5H3,(H3,14,15). The maximum Gasteiger partial charge on any atom is 0.261 e. The minimum atomic E-state index is -0.181. The SMILES string of the molecule is CC(C)n1c(C(C)(C)C)ccc(C(=N)N)c1=O. The maximum atomic E-state index is 12.3. The van der Waals surface area contributed by atoms with Gasteiger partial charge in [-0.15, -0.1) is 0 Å². The van der Waals surface area contributed by atoms with Crippen molar-refractivity contribution in [3.63, 3.8) is 0 Å². The Bertz CT molecular complexity index is 492. The summed E-state index contributed by atoms with van der Waals surface area (Å²) in [6.45, 7) is 10.1. The lowest BCUT2D eigenvalue weighted by atomic mass is 9.90. The quantitative estimate of drug-likeness (QED) is 0.608. The molecule has 0 aliphatic heterocycles. The van der Waals surface area contributed by atoms with Crippen molar-refractivity contribution in [3.05, 3.63) is 33.7 Å². The van der Waals surface area contributed by atoms with E-state index in [4.69, 9.17) is 11.1 Å². The molecule has 1 aromatic heterocycles. The second kappa shape index (κ2) is 4.35. The van der Waals surface area contributed by atoms with Crippen LogP contribution in [0.25, 0.3) is 0 Å². The number of pyridine rings is 1. The third kappa shape index (κ3) is 2.57. The summed E-state index contributed by atoms with van der Waals surface area (Å²) < 4.78 is 1.72. The van der Waals surface area contributed by atoms with Crippen molar-refractivity contribution in [3.8, 4) is 0 Å². The first-order valence-corrected chi connectivity index (χ1v) is 5.76. The minimum Gasteiger partial charge on any atom is -0.384 e. The third-order valence-corrected chi connectivity index (χ3v) is 2.69. The summed E-state index contributed by atoms with van der Waals surface area (Å²) in [5, 5.41) is 7.40. The lowest BCUT2D eigenvalue weighted by molar-refractivity contribution is 0.466. The average molecular weight is 235 g/mol. The number of hydrogen-bond donors (Lipinski definition) is 2. The van der Waals surface area contributed by atoms with Gasteiger partial charge in [0.05, 0.1) is 5.56 Å². The lowest BCUT2D eigenvalue weighted by Crippen LogP contribution is -2.35. The fraction of sp³-hybridized carbons (Fsp3) is 0.538. The molecule has 0 atom stereocenters. The van der Waals surface area contributed by atoms with Crippen LogP contribution < -0.4 is 11.3 Å². The van der Waals surface area contributed by atoms with Crippen molar-refractivity contribution in [1.82, 2.24) is 4.57 Å². The van der Waals surface area contributed by atoms with Gasteiger partial charge in [0.15, 0.2) is 0 Å². The van der Waals surface area contributed by atoms with Crippen LogP contribution in [0.2, 0.25) is 0 Å². The molecule has 0 spiro atoms. The van der Waals surface area contributed by atoms with Crippen LogP contribution in [0.4, 0.5) is 0 Å². The molecule has 0 saturated heterocycles. The maximum absolute atomic E-state index is 12.3. The van der Waals surface area contributed by atoms with Gasteiger partial charge in [-0.05, 0) is 26.0 Å². The Labute approximate surface area is 102 Å². The Kier molecular flexibility index (Phi) is 3.45. The van der Waals surface area contributed by atoms with E-state index in [9.17, 15) is 4.79 Å². The normalized spacial score (nSPS) is 11.9. The second-order valence-electron chi connectivity index (χ2n) is 5.56. The molecule has 0 amide bonds. The van der Waals surface area contributed by atoms with Gasteiger partial charge in [0.2, 0.25) is 0 Å². The highest BCUT2D eigenvalue weighted by Gasteiger charge is 2.22. The summed E-state index contributed by atoms with van der Waals surface area (Å²) in [4.78, 5) is 12.3. The average Bonchev–Trinajstić information content (AvgIpc) is 2.14. The third-order valence-electron chi connectivity index (χ3n) is 2.69. The molecule has 4 nitrogen and oxygen atoms in total. The minimum absolute atomic E-state index is 0.0519. The molecule has 0 bridgehead atoms. The lowest BCUT2D eigenvalue weighted by Gasteiger charge is -2.26. The van der Waals surface area contributed by atoms with Gasteiger partial charge in [-0.3, -0.25) is 10.2 Å². The Morgan fingerprint density at radius 2 is 1.88 bits per heavy atom. The zero-order valence-corrected chi connectivity index (χ0v) is 11.2. The first-order valence-electron chi connectivity index (χ1n) is 5.76. The molecule has 0 saturated carbocycles. The van der Waals surface area contributed by atoms with Gasteiger partial charge < -0.3 is 10.3 Å². The monoisotopic (exact) mass is 235 g/mol. The molecule has 3 N–H and O–H groups in total. The van der Waals surface area contributed by atoms with Crippen LogP contribution in [-0.2, 0) is 5.41 Å². The number of aromatic nitrogens is 1. The summed E-state index contributed by atoms with van der Waals surface area (Å²) in [5.41, 5.74) is 6.35. The van der Waals surface area contributed by atoms with Gasteiger partial charge in [0.25, 0.3) is 5.56 Å². The zero-order chi connectivity index (χ0) is 13.4. The molecule has 17 heavy (non-hydrogen) atoms. The zero-order valence-electron chi connectivity index (χ0n) is 11.2. The number of hydrogen-bond acceptors (Lipinski definition) is 2.